The molecule has 2 N–H and O–H groups in total. The average molecular weight is 334 g/mol. The molecule has 24 heavy (non-hydrogen) atoms. The summed E-state index contributed by atoms with van der Waals surface area (Å²) in [5.74, 6) is -1.77. The van der Waals surface area contributed by atoms with E-state index in [4.69, 9.17) is 5.11 Å². The highest BCUT2D eigenvalue weighted by Gasteiger charge is 2.21. The second-order valence-corrected chi connectivity index (χ2v) is 6.28. The molecule has 5 nitrogen and oxygen atoms in total. The zero-order valence-corrected chi connectivity index (χ0v) is 14.0. The number of carboxylic acids is 1. The van der Waals surface area contributed by atoms with Crippen LogP contribution < -0.4 is 5.32 Å². The van der Waals surface area contributed by atoms with Crippen LogP contribution in [0.2, 0.25) is 0 Å². The Labute approximate surface area is 141 Å². The van der Waals surface area contributed by atoms with Gasteiger partial charge in [0.1, 0.15) is 5.82 Å². The lowest BCUT2D eigenvalue weighted by atomic mass is 9.91. The van der Waals surface area contributed by atoms with Crippen LogP contribution in [-0.4, -0.2) is 41.6 Å². The van der Waals surface area contributed by atoms with Gasteiger partial charge in [0.2, 0.25) is 0 Å². The molecule has 2 amide bonds. The normalized spacial score (nSPS) is 18.5. The third-order valence-corrected chi connectivity index (χ3v) is 4.27. The molecule has 0 spiro atoms. The second-order valence-electron chi connectivity index (χ2n) is 6.28. The van der Waals surface area contributed by atoms with Crippen LogP contribution in [0.3, 0.4) is 0 Å². The predicted molar refractivity (Wildman–Crippen MR) is 90.0 cm³/mol. The highest BCUT2D eigenvalue weighted by Crippen LogP contribution is 2.27. The lowest BCUT2D eigenvalue weighted by Crippen LogP contribution is -2.45. The molecule has 1 aliphatic rings. The molecule has 130 valence electrons. The Morgan fingerprint density at radius 2 is 2.04 bits per heavy atom. The smallest absolute Gasteiger partial charge is 0.317 e. The first kappa shape index (κ1) is 18.0. The molecule has 1 aromatic carbocycles. The van der Waals surface area contributed by atoms with Crippen LogP contribution >= 0.6 is 0 Å². The highest BCUT2D eigenvalue weighted by molar-refractivity contribution is 5.76. The Hall–Kier alpha value is -2.37. The third kappa shape index (κ3) is 4.81. The van der Waals surface area contributed by atoms with Gasteiger partial charge in [-0.1, -0.05) is 25.1 Å². The molecule has 0 aliphatic heterocycles. The van der Waals surface area contributed by atoms with E-state index < -0.39 is 11.9 Å². The first-order chi connectivity index (χ1) is 11.4. The van der Waals surface area contributed by atoms with E-state index in [0.29, 0.717) is 6.42 Å². The monoisotopic (exact) mass is 334 g/mol. The molecule has 0 saturated heterocycles. The van der Waals surface area contributed by atoms with E-state index in [0.717, 1.165) is 24.0 Å². The van der Waals surface area contributed by atoms with Crippen LogP contribution in [0.15, 0.2) is 30.3 Å². The molecule has 1 aromatic rings. The minimum Gasteiger partial charge on any atom is -0.481 e. The average Bonchev–Trinajstić information content (AvgIpc) is 2.56. The summed E-state index contributed by atoms with van der Waals surface area (Å²) in [6.45, 7) is 1.75. The first-order valence-corrected chi connectivity index (χ1v) is 8.06. The standard InChI is InChI=1S/C18H23FN2O3/c1-12(17(22)23)11-21(2)18(24)20-16-9-5-14(6-10-16)13-3-7-15(19)8-4-13/h3-5,7-8,12,16H,6,9-11H2,1-2H3,(H,20,24)(H,22,23). The number of hydrogen-bond donors (Lipinski definition) is 2. The van der Waals surface area contributed by atoms with Gasteiger partial charge in [-0.15, -0.1) is 0 Å². The van der Waals surface area contributed by atoms with E-state index in [1.807, 2.05) is 0 Å². The van der Waals surface area contributed by atoms with Crippen LogP contribution in [0.4, 0.5) is 9.18 Å². The minimum atomic E-state index is -0.917. The summed E-state index contributed by atoms with van der Waals surface area (Å²) in [7, 11) is 1.59. The fraction of sp³-hybridized carbons (Fsp3) is 0.444. The number of rotatable bonds is 5. The van der Waals surface area contributed by atoms with Crippen molar-refractivity contribution >= 4 is 17.6 Å². The first-order valence-electron chi connectivity index (χ1n) is 8.06. The lowest BCUT2D eigenvalue weighted by molar-refractivity contribution is -0.141. The summed E-state index contributed by atoms with van der Waals surface area (Å²) < 4.78 is 13.0. The molecule has 2 atom stereocenters. The number of urea groups is 1. The molecule has 0 aromatic heterocycles. The van der Waals surface area contributed by atoms with E-state index in [9.17, 15) is 14.0 Å². The van der Waals surface area contributed by atoms with Crippen molar-refractivity contribution in [3.8, 4) is 0 Å². The Morgan fingerprint density at radius 3 is 2.58 bits per heavy atom. The van der Waals surface area contributed by atoms with Crippen molar-refractivity contribution in [2.45, 2.75) is 32.2 Å². The van der Waals surface area contributed by atoms with E-state index in [1.165, 1.54) is 17.0 Å². The maximum absolute atomic E-state index is 13.0. The number of carbonyl (C=O) groups excluding carboxylic acids is 1. The van der Waals surface area contributed by atoms with Crippen molar-refractivity contribution in [2.75, 3.05) is 13.6 Å². The number of carboxylic acid groups (broad SMARTS) is 1. The largest absolute Gasteiger partial charge is 0.481 e. The molecule has 6 heteroatoms. The molecule has 1 aliphatic carbocycles. The molecule has 0 bridgehead atoms. The maximum Gasteiger partial charge on any atom is 0.317 e. The Kier molecular flexibility index (Phi) is 5.95. The van der Waals surface area contributed by atoms with Crippen LogP contribution in [0.5, 0.6) is 0 Å². The van der Waals surface area contributed by atoms with Crippen molar-refractivity contribution in [3.63, 3.8) is 0 Å². The fourth-order valence-electron chi connectivity index (χ4n) is 2.75. The molecular weight excluding hydrogens is 311 g/mol. The number of nitrogens with one attached hydrogen (secondary N) is 1. The molecule has 0 fully saturated rings. The van der Waals surface area contributed by atoms with Gasteiger partial charge in [-0.05, 0) is 42.5 Å². The Morgan fingerprint density at radius 1 is 1.38 bits per heavy atom. The van der Waals surface area contributed by atoms with Crippen molar-refractivity contribution in [3.05, 3.63) is 41.7 Å². The van der Waals surface area contributed by atoms with Crippen molar-refractivity contribution in [1.29, 1.82) is 0 Å². The number of benzene rings is 1. The quantitative estimate of drug-likeness (QED) is 0.869. The molecule has 0 saturated carbocycles. The number of carbonyl (C=O) groups is 2. The van der Waals surface area contributed by atoms with Gasteiger partial charge in [0.15, 0.2) is 0 Å². The summed E-state index contributed by atoms with van der Waals surface area (Å²) in [5.41, 5.74) is 2.17. The van der Waals surface area contributed by atoms with Crippen LogP contribution in [0.1, 0.15) is 31.7 Å². The zero-order chi connectivity index (χ0) is 17.7. The number of hydrogen-bond acceptors (Lipinski definition) is 2. The molecule has 2 rings (SSSR count). The van der Waals surface area contributed by atoms with Gasteiger partial charge in [0, 0.05) is 19.6 Å². The summed E-state index contributed by atoms with van der Waals surface area (Å²) in [5, 5.41) is 11.8. The number of aliphatic carboxylic acids is 1. The zero-order valence-electron chi connectivity index (χ0n) is 14.0. The summed E-state index contributed by atoms with van der Waals surface area (Å²) >= 11 is 0. The third-order valence-electron chi connectivity index (χ3n) is 4.27. The fourth-order valence-corrected chi connectivity index (χ4v) is 2.75. The summed E-state index contributed by atoms with van der Waals surface area (Å²) in [6.07, 6.45) is 4.39. The number of amides is 2. The highest BCUT2D eigenvalue weighted by atomic mass is 19.1. The molecule has 0 heterocycles. The number of nitrogens with zero attached hydrogens (tertiary/aromatic N) is 1. The second kappa shape index (κ2) is 7.95. The summed E-state index contributed by atoms with van der Waals surface area (Å²) in [6, 6.07) is 6.20. The molecule has 2 unspecified atom stereocenters. The van der Waals surface area contributed by atoms with Gasteiger partial charge in [-0.2, -0.15) is 0 Å². The number of allylic oxidation sites excluding steroid dienone is 1. The lowest BCUT2D eigenvalue weighted by Gasteiger charge is -2.27. The molecular formula is C18H23FN2O3. The van der Waals surface area contributed by atoms with Crippen molar-refractivity contribution < 1.29 is 19.1 Å². The minimum absolute atomic E-state index is 0.0317. The van der Waals surface area contributed by atoms with Crippen LogP contribution in [-0.2, 0) is 4.79 Å². The van der Waals surface area contributed by atoms with Crippen LogP contribution in [0.25, 0.3) is 5.57 Å². The Bertz CT molecular complexity index is 628. The van der Waals surface area contributed by atoms with Gasteiger partial charge in [0.25, 0.3) is 0 Å². The van der Waals surface area contributed by atoms with Crippen molar-refractivity contribution in [2.24, 2.45) is 5.92 Å². The van der Waals surface area contributed by atoms with E-state index >= 15 is 0 Å². The van der Waals surface area contributed by atoms with Crippen molar-refractivity contribution in [1.82, 2.24) is 10.2 Å². The van der Waals surface area contributed by atoms with Gasteiger partial charge < -0.3 is 15.3 Å². The SMILES string of the molecule is CC(CN(C)C(=O)NC1CC=C(c2ccc(F)cc2)CC1)C(=O)O. The van der Waals surface area contributed by atoms with E-state index in [-0.39, 0.29) is 24.4 Å². The van der Waals surface area contributed by atoms with E-state index in [1.54, 1.807) is 26.1 Å². The predicted octanol–water partition coefficient (Wildman–Crippen LogP) is 3.12. The maximum atomic E-state index is 13.0. The Balaban J connectivity index is 1.86. The molecule has 0 radical (unpaired) electrons. The van der Waals surface area contributed by atoms with Gasteiger partial charge in [-0.3, -0.25) is 4.79 Å². The number of halogens is 1. The van der Waals surface area contributed by atoms with Gasteiger partial charge in [0.05, 0.1) is 5.92 Å². The summed E-state index contributed by atoms with van der Waals surface area (Å²) in [4.78, 5) is 24.4. The van der Waals surface area contributed by atoms with Gasteiger partial charge >= 0.3 is 12.0 Å². The van der Waals surface area contributed by atoms with Crippen LogP contribution in [0, 0.1) is 11.7 Å². The van der Waals surface area contributed by atoms with Gasteiger partial charge in [-0.25, -0.2) is 9.18 Å². The van der Waals surface area contributed by atoms with E-state index in [2.05, 4.69) is 11.4 Å². The topological polar surface area (TPSA) is 69.6 Å².